The molecule has 0 N–H and O–H groups in total. The number of benzene rings is 2. The Hall–Kier alpha value is -4.00. The van der Waals surface area contributed by atoms with Crippen LogP contribution in [0.25, 0.3) is 12.2 Å². The van der Waals surface area contributed by atoms with Crippen LogP contribution in [0.5, 0.6) is 5.75 Å². The van der Waals surface area contributed by atoms with Crippen LogP contribution in [0.1, 0.15) is 34.1 Å². The Morgan fingerprint density at radius 2 is 1.83 bits per heavy atom. The van der Waals surface area contributed by atoms with Crippen molar-refractivity contribution in [1.29, 1.82) is 0 Å². The van der Waals surface area contributed by atoms with Gasteiger partial charge in [0.1, 0.15) is 18.6 Å². The zero-order valence-electron chi connectivity index (χ0n) is 16.4. The lowest BCUT2D eigenvalue weighted by molar-refractivity contribution is -0.385. The largest absolute Gasteiger partial charge is 0.489 e. The highest BCUT2D eigenvalue weighted by Crippen LogP contribution is 2.20. The standard InChI is InChI=1S/C23H20N2O5/c1-2-29-23(26)21-14-19(25(27)28)15-24-22(21)13-10-17-8-11-20(12-9-17)30-16-18-6-4-3-5-7-18/h3-15H,2,16H2,1H3/b13-10+. The minimum absolute atomic E-state index is 0.0464. The van der Waals surface area contributed by atoms with Crippen molar-refractivity contribution in [2.75, 3.05) is 6.61 Å². The van der Waals surface area contributed by atoms with Gasteiger partial charge in [0.25, 0.3) is 5.69 Å². The van der Waals surface area contributed by atoms with Gasteiger partial charge in [0.05, 0.1) is 22.8 Å². The molecule has 0 atom stereocenters. The fourth-order valence-electron chi connectivity index (χ4n) is 2.66. The van der Waals surface area contributed by atoms with Gasteiger partial charge in [-0.05, 0) is 36.3 Å². The van der Waals surface area contributed by atoms with Crippen LogP contribution in [0.15, 0.2) is 66.9 Å². The number of aromatic nitrogens is 1. The lowest BCUT2D eigenvalue weighted by atomic mass is 10.1. The minimum Gasteiger partial charge on any atom is -0.489 e. The molecule has 0 aliphatic carbocycles. The second-order valence-corrected chi connectivity index (χ2v) is 6.28. The number of pyridine rings is 1. The molecule has 0 amide bonds. The average Bonchev–Trinajstić information content (AvgIpc) is 2.77. The summed E-state index contributed by atoms with van der Waals surface area (Å²) in [6, 6.07) is 18.5. The fourth-order valence-corrected chi connectivity index (χ4v) is 2.66. The van der Waals surface area contributed by atoms with Crippen LogP contribution >= 0.6 is 0 Å². The van der Waals surface area contributed by atoms with Crippen molar-refractivity contribution < 1.29 is 19.2 Å². The lowest BCUT2D eigenvalue weighted by Crippen LogP contribution is -2.08. The number of nitrogens with zero attached hydrogens (tertiary/aromatic N) is 2. The van der Waals surface area contributed by atoms with E-state index < -0.39 is 10.9 Å². The molecule has 0 radical (unpaired) electrons. The maximum Gasteiger partial charge on any atom is 0.340 e. The molecule has 152 valence electrons. The van der Waals surface area contributed by atoms with Crippen LogP contribution in [-0.2, 0) is 11.3 Å². The first-order valence-corrected chi connectivity index (χ1v) is 9.33. The number of esters is 1. The summed E-state index contributed by atoms with van der Waals surface area (Å²) in [4.78, 5) is 26.6. The monoisotopic (exact) mass is 404 g/mol. The molecule has 0 spiro atoms. The maximum atomic E-state index is 12.1. The van der Waals surface area contributed by atoms with Gasteiger partial charge >= 0.3 is 5.97 Å². The molecule has 0 unspecified atom stereocenters. The van der Waals surface area contributed by atoms with Crippen molar-refractivity contribution in [2.45, 2.75) is 13.5 Å². The summed E-state index contributed by atoms with van der Waals surface area (Å²) < 4.78 is 10.7. The molecular weight excluding hydrogens is 384 g/mol. The molecular formula is C23H20N2O5. The second kappa shape index (κ2) is 9.97. The molecule has 0 aliphatic rings. The molecule has 2 aromatic carbocycles. The minimum atomic E-state index is -0.655. The van der Waals surface area contributed by atoms with Gasteiger partial charge in [-0.15, -0.1) is 0 Å². The van der Waals surface area contributed by atoms with Crippen molar-refractivity contribution in [3.05, 3.63) is 99.4 Å². The Labute approximate surface area is 173 Å². The van der Waals surface area contributed by atoms with Gasteiger partial charge in [0.15, 0.2) is 0 Å². The van der Waals surface area contributed by atoms with E-state index in [9.17, 15) is 14.9 Å². The third kappa shape index (κ3) is 5.51. The van der Waals surface area contributed by atoms with Crippen LogP contribution < -0.4 is 4.74 Å². The Bertz CT molecular complexity index is 1050. The summed E-state index contributed by atoms with van der Waals surface area (Å²) in [6.45, 7) is 2.31. The first kappa shape index (κ1) is 20.7. The van der Waals surface area contributed by atoms with Gasteiger partial charge in [-0.1, -0.05) is 48.5 Å². The Morgan fingerprint density at radius 3 is 2.50 bits per heavy atom. The van der Waals surface area contributed by atoms with E-state index in [0.29, 0.717) is 12.3 Å². The number of rotatable bonds is 8. The van der Waals surface area contributed by atoms with Gasteiger partial charge in [0, 0.05) is 6.07 Å². The van der Waals surface area contributed by atoms with E-state index in [1.54, 1.807) is 19.1 Å². The van der Waals surface area contributed by atoms with Crippen molar-refractivity contribution >= 4 is 23.8 Å². The van der Waals surface area contributed by atoms with E-state index in [2.05, 4.69) is 4.98 Å². The molecule has 0 saturated heterocycles. The number of carbonyl (C=O) groups is 1. The lowest BCUT2D eigenvalue weighted by Gasteiger charge is -2.07. The normalized spacial score (nSPS) is 10.7. The summed E-state index contributed by atoms with van der Waals surface area (Å²) in [5.74, 6) is 0.0784. The zero-order chi connectivity index (χ0) is 21.3. The highest BCUT2D eigenvalue weighted by Gasteiger charge is 2.17. The van der Waals surface area contributed by atoms with Gasteiger partial charge in [-0.25, -0.2) is 9.78 Å². The molecule has 30 heavy (non-hydrogen) atoms. The Kier molecular flexibility index (Phi) is 6.89. The molecule has 0 bridgehead atoms. The van der Waals surface area contributed by atoms with Crippen LogP contribution in [-0.4, -0.2) is 22.5 Å². The first-order valence-electron chi connectivity index (χ1n) is 9.33. The van der Waals surface area contributed by atoms with Gasteiger partial charge in [-0.3, -0.25) is 10.1 Å². The molecule has 0 saturated carbocycles. The number of ether oxygens (including phenoxy) is 2. The first-order chi connectivity index (χ1) is 14.6. The zero-order valence-corrected chi connectivity index (χ0v) is 16.4. The van der Waals surface area contributed by atoms with E-state index >= 15 is 0 Å². The number of nitro groups is 1. The second-order valence-electron chi connectivity index (χ2n) is 6.28. The predicted molar refractivity (Wildman–Crippen MR) is 113 cm³/mol. The molecule has 3 aromatic rings. The summed E-state index contributed by atoms with van der Waals surface area (Å²) in [5.41, 5.74) is 2.01. The third-order valence-corrected chi connectivity index (χ3v) is 4.17. The summed E-state index contributed by atoms with van der Waals surface area (Å²) in [6.07, 6.45) is 4.50. The molecule has 0 aliphatic heterocycles. The molecule has 3 rings (SSSR count). The summed E-state index contributed by atoms with van der Waals surface area (Å²) in [7, 11) is 0. The molecule has 7 heteroatoms. The summed E-state index contributed by atoms with van der Waals surface area (Å²) in [5, 5.41) is 11.0. The van der Waals surface area contributed by atoms with E-state index in [0.717, 1.165) is 23.1 Å². The average molecular weight is 404 g/mol. The van der Waals surface area contributed by atoms with E-state index in [1.165, 1.54) is 6.07 Å². The maximum absolute atomic E-state index is 12.1. The molecule has 7 nitrogen and oxygen atoms in total. The van der Waals surface area contributed by atoms with Crippen LogP contribution in [0.3, 0.4) is 0 Å². The van der Waals surface area contributed by atoms with Gasteiger partial charge in [-0.2, -0.15) is 0 Å². The topological polar surface area (TPSA) is 91.6 Å². The SMILES string of the molecule is CCOC(=O)c1cc([N+](=O)[O-])cnc1/C=C/c1ccc(OCc2ccccc2)cc1. The molecule has 1 aromatic heterocycles. The van der Waals surface area contributed by atoms with Crippen molar-refractivity contribution in [3.63, 3.8) is 0 Å². The quantitative estimate of drug-likeness (QED) is 0.301. The van der Waals surface area contributed by atoms with Crippen molar-refractivity contribution in [3.8, 4) is 5.75 Å². The highest BCUT2D eigenvalue weighted by atomic mass is 16.6. The van der Waals surface area contributed by atoms with Crippen molar-refractivity contribution in [2.24, 2.45) is 0 Å². The van der Waals surface area contributed by atoms with Gasteiger partial charge < -0.3 is 9.47 Å². The van der Waals surface area contributed by atoms with Crippen LogP contribution in [0.2, 0.25) is 0 Å². The number of carbonyl (C=O) groups excluding carboxylic acids is 1. The highest BCUT2D eigenvalue weighted by molar-refractivity contribution is 5.94. The van der Waals surface area contributed by atoms with Crippen molar-refractivity contribution in [1.82, 2.24) is 4.98 Å². The van der Waals surface area contributed by atoms with E-state index in [-0.39, 0.29) is 17.9 Å². The Balaban J connectivity index is 1.73. The van der Waals surface area contributed by atoms with Crippen LogP contribution in [0, 0.1) is 10.1 Å². The van der Waals surface area contributed by atoms with E-state index in [4.69, 9.17) is 9.47 Å². The number of hydrogen-bond donors (Lipinski definition) is 0. The summed E-state index contributed by atoms with van der Waals surface area (Å²) >= 11 is 0. The number of hydrogen-bond acceptors (Lipinski definition) is 6. The Morgan fingerprint density at radius 1 is 1.10 bits per heavy atom. The predicted octanol–water partition coefficient (Wildman–Crippen LogP) is 4.92. The molecule has 0 fully saturated rings. The fraction of sp³-hybridized carbons (Fsp3) is 0.130. The van der Waals surface area contributed by atoms with Crippen LogP contribution in [0.4, 0.5) is 5.69 Å². The third-order valence-electron chi connectivity index (χ3n) is 4.17. The molecule has 1 heterocycles. The smallest absolute Gasteiger partial charge is 0.340 e. The van der Waals surface area contributed by atoms with Gasteiger partial charge in [0.2, 0.25) is 0 Å². The van der Waals surface area contributed by atoms with E-state index in [1.807, 2.05) is 54.6 Å².